The molecule has 3 rings (SSSR count). The summed E-state index contributed by atoms with van der Waals surface area (Å²) in [5.41, 5.74) is 2.03. The van der Waals surface area contributed by atoms with Gasteiger partial charge in [-0.1, -0.05) is 13.8 Å². The van der Waals surface area contributed by atoms with Gasteiger partial charge in [0.25, 0.3) is 0 Å². The maximum Gasteiger partial charge on any atom is 0.193 e. The zero-order valence-electron chi connectivity index (χ0n) is 15.4. The number of likely N-dealkylation sites (tertiary alicyclic amines) is 1. The number of benzene rings is 1. The smallest absolute Gasteiger partial charge is 0.193 e. The topological polar surface area (TPSA) is 46.1 Å². The number of hydrogen-bond acceptors (Lipinski definition) is 3. The number of halogens is 1. The molecule has 0 radical (unpaired) electrons. The molecule has 138 valence electrons. The van der Waals surface area contributed by atoms with Crippen molar-refractivity contribution in [3.05, 3.63) is 29.1 Å². The lowest BCUT2D eigenvalue weighted by atomic mass is 9.87. The Bertz CT molecular complexity index is 650. The molecule has 1 aromatic carbocycles. The lowest BCUT2D eigenvalue weighted by Gasteiger charge is -2.25. The normalized spacial score (nSPS) is 23.4. The highest BCUT2D eigenvalue weighted by atomic mass is 19.1. The minimum absolute atomic E-state index is 0.226. The predicted octanol–water partition coefficient (Wildman–Crippen LogP) is 2.93. The molecule has 2 heterocycles. The van der Waals surface area contributed by atoms with E-state index in [1.807, 2.05) is 7.05 Å². The third-order valence-electron chi connectivity index (χ3n) is 5.35. The number of hydrogen-bond donors (Lipinski definition) is 1. The van der Waals surface area contributed by atoms with E-state index in [2.05, 4.69) is 29.1 Å². The number of aliphatic imine (C=N–C) groups is 1. The standard InChI is InChI=1S/C19H28FN3O2/c1-4-19(2)6-8-23(12-19)18(21-3)22-7-5-14-9-16(20)10-15-11-24-13-25-17(14)15/h9-10H,4-8,11-13H2,1-3H3,(H,21,22). The van der Waals surface area contributed by atoms with Gasteiger partial charge in [-0.05, 0) is 42.4 Å². The van der Waals surface area contributed by atoms with Crippen LogP contribution in [0.5, 0.6) is 5.75 Å². The number of ether oxygens (including phenoxy) is 2. The molecule has 25 heavy (non-hydrogen) atoms. The van der Waals surface area contributed by atoms with Crippen molar-refractivity contribution in [3.8, 4) is 5.75 Å². The van der Waals surface area contributed by atoms with Crippen molar-refractivity contribution in [1.82, 2.24) is 10.2 Å². The van der Waals surface area contributed by atoms with Crippen molar-refractivity contribution in [2.75, 3.05) is 33.5 Å². The maximum atomic E-state index is 13.8. The zero-order valence-corrected chi connectivity index (χ0v) is 15.4. The van der Waals surface area contributed by atoms with Crippen LogP contribution < -0.4 is 10.1 Å². The van der Waals surface area contributed by atoms with Crippen molar-refractivity contribution in [1.29, 1.82) is 0 Å². The summed E-state index contributed by atoms with van der Waals surface area (Å²) in [6.45, 7) is 7.95. The highest BCUT2D eigenvalue weighted by Crippen LogP contribution is 2.33. The predicted molar refractivity (Wildman–Crippen MR) is 96.3 cm³/mol. The zero-order chi connectivity index (χ0) is 17.9. The van der Waals surface area contributed by atoms with Gasteiger partial charge in [-0.15, -0.1) is 0 Å². The monoisotopic (exact) mass is 349 g/mol. The molecule has 1 atom stereocenters. The molecule has 1 saturated heterocycles. The molecule has 0 amide bonds. The van der Waals surface area contributed by atoms with Gasteiger partial charge in [0.05, 0.1) is 6.61 Å². The van der Waals surface area contributed by atoms with E-state index in [0.29, 0.717) is 25.0 Å². The van der Waals surface area contributed by atoms with Gasteiger partial charge in [-0.25, -0.2) is 4.39 Å². The second kappa shape index (κ2) is 7.60. The van der Waals surface area contributed by atoms with E-state index in [1.165, 1.54) is 18.9 Å². The second-order valence-electron chi connectivity index (χ2n) is 7.22. The Balaban J connectivity index is 1.60. The largest absolute Gasteiger partial charge is 0.467 e. The summed E-state index contributed by atoms with van der Waals surface area (Å²) in [4.78, 5) is 6.73. The van der Waals surface area contributed by atoms with Gasteiger partial charge in [0.1, 0.15) is 11.6 Å². The van der Waals surface area contributed by atoms with Crippen LogP contribution in [0, 0.1) is 11.2 Å². The maximum absolute atomic E-state index is 13.8. The fraction of sp³-hybridized carbons (Fsp3) is 0.632. The third-order valence-corrected chi connectivity index (χ3v) is 5.35. The molecular formula is C19H28FN3O2. The summed E-state index contributed by atoms with van der Waals surface area (Å²) in [5.74, 6) is 1.45. The van der Waals surface area contributed by atoms with E-state index in [-0.39, 0.29) is 12.6 Å². The average Bonchev–Trinajstić information content (AvgIpc) is 3.01. The number of nitrogens with zero attached hydrogens (tertiary/aromatic N) is 2. The Hall–Kier alpha value is -1.82. The van der Waals surface area contributed by atoms with E-state index in [1.54, 1.807) is 6.07 Å². The van der Waals surface area contributed by atoms with Crippen LogP contribution in [0.2, 0.25) is 0 Å². The summed E-state index contributed by atoms with van der Waals surface area (Å²) in [7, 11) is 1.81. The van der Waals surface area contributed by atoms with Crippen LogP contribution >= 0.6 is 0 Å². The molecule has 1 aromatic rings. The van der Waals surface area contributed by atoms with Gasteiger partial charge in [0.2, 0.25) is 0 Å². The molecule has 0 bridgehead atoms. The molecular weight excluding hydrogens is 321 g/mol. The van der Waals surface area contributed by atoms with Gasteiger partial charge in [0.15, 0.2) is 12.8 Å². The van der Waals surface area contributed by atoms with Crippen molar-refractivity contribution in [2.24, 2.45) is 10.4 Å². The minimum Gasteiger partial charge on any atom is -0.467 e. The van der Waals surface area contributed by atoms with Crippen molar-refractivity contribution in [3.63, 3.8) is 0 Å². The highest BCUT2D eigenvalue weighted by Gasteiger charge is 2.33. The molecule has 1 unspecified atom stereocenters. The van der Waals surface area contributed by atoms with E-state index in [9.17, 15) is 4.39 Å². The van der Waals surface area contributed by atoms with Crippen LogP contribution in [0.1, 0.15) is 37.8 Å². The fourth-order valence-corrected chi connectivity index (χ4v) is 3.58. The van der Waals surface area contributed by atoms with Crippen molar-refractivity contribution < 1.29 is 13.9 Å². The Morgan fingerprint density at radius 2 is 2.28 bits per heavy atom. The first kappa shape index (κ1) is 18.0. The molecule has 0 aliphatic carbocycles. The molecule has 0 saturated carbocycles. The molecule has 1 N–H and O–H groups in total. The van der Waals surface area contributed by atoms with Crippen LogP contribution in [0.15, 0.2) is 17.1 Å². The Kier molecular flexibility index (Phi) is 5.47. The first-order chi connectivity index (χ1) is 12.0. The Morgan fingerprint density at radius 3 is 3.00 bits per heavy atom. The van der Waals surface area contributed by atoms with Crippen LogP contribution in [0.3, 0.4) is 0 Å². The summed E-state index contributed by atoms with van der Waals surface area (Å²) in [6, 6.07) is 3.04. The van der Waals surface area contributed by atoms with Gasteiger partial charge >= 0.3 is 0 Å². The molecule has 6 heteroatoms. The summed E-state index contributed by atoms with van der Waals surface area (Å²) < 4.78 is 24.6. The van der Waals surface area contributed by atoms with Crippen LogP contribution in [0.25, 0.3) is 0 Å². The van der Waals surface area contributed by atoms with Gasteiger partial charge in [0, 0.05) is 32.2 Å². The number of guanidine groups is 1. The Labute approximate surface area is 149 Å². The molecule has 1 fully saturated rings. The van der Waals surface area contributed by atoms with E-state index in [0.717, 1.165) is 35.9 Å². The lowest BCUT2D eigenvalue weighted by Crippen LogP contribution is -2.41. The molecule has 2 aliphatic rings. The SMILES string of the molecule is CCC1(C)CCN(C(=NC)NCCc2cc(F)cc3c2OCOC3)C1. The minimum atomic E-state index is -0.245. The number of fused-ring (bicyclic) bond motifs is 1. The van der Waals surface area contributed by atoms with Crippen molar-refractivity contribution >= 4 is 5.96 Å². The second-order valence-corrected chi connectivity index (χ2v) is 7.22. The summed E-state index contributed by atoms with van der Waals surface area (Å²) in [6.07, 6.45) is 3.04. The molecule has 2 aliphatic heterocycles. The van der Waals surface area contributed by atoms with Crippen molar-refractivity contribution in [2.45, 2.75) is 39.7 Å². The van der Waals surface area contributed by atoms with Gasteiger partial charge < -0.3 is 19.7 Å². The van der Waals surface area contributed by atoms with Crippen LogP contribution in [-0.4, -0.2) is 44.3 Å². The average molecular weight is 349 g/mol. The summed E-state index contributed by atoms with van der Waals surface area (Å²) >= 11 is 0. The first-order valence-electron chi connectivity index (χ1n) is 9.02. The summed E-state index contributed by atoms with van der Waals surface area (Å²) in [5, 5.41) is 3.41. The highest BCUT2D eigenvalue weighted by molar-refractivity contribution is 5.80. The van der Waals surface area contributed by atoms with Crippen LogP contribution in [0.4, 0.5) is 4.39 Å². The van der Waals surface area contributed by atoms with Gasteiger partial charge in [-0.3, -0.25) is 4.99 Å². The lowest BCUT2D eigenvalue weighted by molar-refractivity contribution is -0.0172. The molecule has 0 aromatic heterocycles. The fourth-order valence-electron chi connectivity index (χ4n) is 3.58. The number of nitrogens with one attached hydrogen (secondary N) is 1. The van der Waals surface area contributed by atoms with E-state index >= 15 is 0 Å². The van der Waals surface area contributed by atoms with Crippen LogP contribution in [-0.2, 0) is 17.8 Å². The third kappa shape index (κ3) is 4.06. The van der Waals surface area contributed by atoms with Gasteiger partial charge in [-0.2, -0.15) is 0 Å². The van der Waals surface area contributed by atoms with E-state index in [4.69, 9.17) is 9.47 Å². The first-order valence-corrected chi connectivity index (χ1v) is 9.02. The number of rotatable bonds is 4. The Morgan fingerprint density at radius 1 is 1.44 bits per heavy atom. The van der Waals surface area contributed by atoms with E-state index < -0.39 is 0 Å². The quantitative estimate of drug-likeness (QED) is 0.671. The molecule has 0 spiro atoms. The molecule has 5 nitrogen and oxygen atoms in total.